The zero-order valence-electron chi connectivity index (χ0n) is 12.3. The van der Waals surface area contributed by atoms with E-state index in [0.717, 1.165) is 0 Å². The summed E-state index contributed by atoms with van der Waals surface area (Å²) in [6.07, 6.45) is 0. The second kappa shape index (κ2) is 7.76. The molecule has 2 unspecified atom stereocenters. The number of carboxylic acids is 1. The standard InChI is InChI=1S/C13H24N2O4/c1-6-15(7-9(4)13(18)19)12(17)11(8(2)3)14-10(5)16/h8-9,11H,6-7H2,1-5H3,(H,14,16)(H,18,19). The second-order valence-corrected chi connectivity index (χ2v) is 5.04. The highest BCUT2D eigenvalue weighted by atomic mass is 16.4. The van der Waals surface area contributed by atoms with Crippen LogP contribution in [-0.4, -0.2) is 46.9 Å². The van der Waals surface area contributed by atoms with Gasteiger partial charge >= 0.3 is 5.97 Å². The number of nitrogens with one attached hydrogen (secondary N) is 1. The summed E-state index contributed by atoms with van der Waals surface area (Å²) in [7, 11) is 0. The molecular weight excluding hydrogens is 248 g/mol. The molecule has 0 aromatic carbocycles. The molecule has 0 spiro atoms. The molecule has 0 heterocycles. The largest absolute Gasteiger partial charge is 0.481 e. The van der Waals surface area contributed by atoms with Crippen molar-refractivity contribution < 1.29 is 19.5 Å². The van der Waals surface area contributed by atoms with Crippen LogP contribution in [0.1, 0.15) is 34.6 Å². The van der Waals surface area contributed by atoms with Crippen molar-refractivity contribution in [1.29, 1.82) is 0 Å². The lowest BCUT2D eigenvalue weighted by Crippen LogP contribution is -2.52. The average Bonchev–Trinajstić information content (AvgIpc) is 2.31. The molecule has 2 amide bonds. The van der Waals surface area contributed by atoms with Gasteiger partial charge in [0.05, 0.1) is 5.92 Å². The Hall–Kier alpha value is -1.59. The van der Waals surface area contributed by atoms with Crippen LogP contribution in [0.25, 0.3) is 0 Å². The fraction of sp³-hybridized carbons (Fsp3) is 0.769. The summed E-state index contributed by atoms with van der Waals surface area (Å²) in [4.78, 5) is 35.8. The van der Waals surface area contributed by atoms with E-state index < -0.39 is 17.9 Å². The van der Waals surface area contributed by atoms with Crippen LogP contribution in [0, 0.1) is 11.8 Å². The molecule has 0 fully saturated rings. The molecule has 0 rings (SSSR count). The quantitative estimate of drug-likeness (QED) is 0.715. The van der Waals surface area contributed by atoms with Gasteiger partial charge in [0.1, 0.15) is 6.04 Å². The maximum atomic E-state index is 12.3. The summed E-state index contributed by atoms with van der Waals surface area (Å²) in [6.45, 7) is 8.95. The molecular formula is C13H24N2O4. The molecule has 0 saturated carbocycles. The van der Waals surface area contributed by atoms with E-state index in [0.29, 0.717) is 6.54 Å². The van der Waals surface area contributed by atoms with E-state index in [1.54, 1.807) is 13.8 Å². The van der Waals surface area contributed by atoms with E-state index in [1.165, 1.54) is 11.8 Å². The normalized spacial score (nSPS) is 13.8. The first-order valence-corrected chi connectivity index (χ1v) is 6.49. The lowest BCUT2D eigenvalue weighted by molar-refractivity contribution is -0.144. The molecule has 2 atom stereocenters. The van der Waals surface area contributed by atoms with Crippen LogP contribution in [0.5, 0.6) is 0 Å². The number of likely N-dealkylation sites (N-methyl/N-ethyl adjacent to an activating group) is 1. The number of nitrogens with zero attached hydrogens (tertiary/aromatic N) is 1. The van der Waals surface area contributed by atoms with Gasteiger partial charge in [-0.3, -0.25) is 14.4 Å². The Morgan fingerprint density at radius 2 is 1.74 bits per heavy atom. The van der Waals surface area contributed by atoms with Gasteiger partial charge in [-0.2, -0.15) is 0 Å². The number of hydrogen-bond donors (Lipinski definition) is 2. The van der Waals surface area contributed by atoms with Crippen molar-refractivity contribution in [1.82, 2.24) is 10.2 Å². The summed E-state index contributed by atoms with van der Waals surface area (Å²) in [5, 5.41) is 11.5. The minimum Gasteiger partial charge on any atom is -0.481 e. The molecule has 2 N–H and O–H groups in total. The first kappa shape index (κ1) is 17.4. The van der Waals surface area contributed by atoms with Crippen molar-refractivity contribution >= 4 is 17.8 Å². The smallest absolute Gasteiger partial charge is 0.308 e. The third-order valence-electron chi connectivity index (χ3n) is 2.90. The lowest BCUT2D eigenvalue weighted by Gasteiger charge is -2.29. The number of carbonyl (C=O) groups excluding carboxylic acids is 2. The molecule has 0 radical (unpaired) electrons. The van der Waals surface area contributed by atoms with Crippen molar-refractivity contribution in [2.24, 2.45) is 11.8 Å². The Kier molecular flexibility index (Phi) is 7.11. The van der Waals surface area contributed by atoms with E-state index >= 15 is 0 Å². The van der Waals surface area contributed by atoms with Crippen molar-refractivity contribution in [3.05, 3.63) is 0 Å². The third-order valence-corrected chi connectivity index (χ3v) is 2.90. The van der Waals surface area contributed by atoms with Crippen LogP contribution < -0.4 is 5.32 Å². The van der Waals surface area contributed by atoms with Crippen LogP contribution in [0.15, 0.2) is 0 Å². The highest BCUT2D eigenvalue weighted by Crippen LogP contribution is 2.09. The number of aliphatic carboxylic acids is 1. The molecule has 6 heteroatoms. The Balaban J connectivity index is 4.87. The zero-order chi connectivity index (χ0) is 15.2. The van der Waals surface area contributed by atoms with Crippen LogP contribution in [0.2, 0.25) is 0 Å². The Labute approximate surface area is 114 Å². The maximum Gasteiger partial charge on any atom is 0.308 e. The summed E-state index contributed by atoms with van der Waals surface area (Å²) in [6, 6.07) is -0.613. The number of hydrogen-bond acceptors (Lipinski definition) is 3. The van der Waals surface area contributed by atoms with E-state index in [2.05, 4.69) is 5.32 Å². The molecule has 6 nitrogen and oxygen atoms in total. The predicted octanol–water partition coefficient (Wildman–Crippen LogP) is 0.716. The molecule has 0 saturated heterocycles. The van der Waals surface area contributed by atoms with Crippen LogP contribution in [0.3, 0.4) is 0 Å². The van der Waals surface area contributed by atoms with E-state index in [1.807, 2.05) is 13.8 Å². The second-order valence-electron chi connectivity index (χ2n) is 5.04. The van der Waals surface area contributed by atoms with Gasteiger partial charge in [0.15, 0.2) is 0 Å². The van der Waals surface area contributed by atoms with E-state index in [-0.39, 0.29) is 24.3 Å². The molecule has 110 valence electrons. The minimum absolute atomic E-state index is 0.0504. The van der Waals surface area contributed by atoms with Crippen LogP contribution in [0.4, 0.5) is 0 Å². The van der Waals surface area contributed by atoms with E-state index in [4.69, 9.17) is 5.11 Å². The SMILES string of the molecule is CCN(CC(C)C(=O)O)C(=O)C(NC(C)=O)C(C)C. The van der Waals surface area contributed by atoms with Crippen LogP contribution >= 0.6 is 0 Å². The maximum absolute atomic E-state index is 12.3. The lowest BCUT2D eigenvalue weighted by atomic mass is 10.0. The first-order chi connectivity index (χ1) is 8.70. The highest BCUT2D eigenvalue weighted by molar-refractivity contribution is 5.87. The molecule has 0 aromatic rings. The summed E-state index contributed by atoms with van der Waals surface area (Å²) in [5.41, 5.74) is 0. The molecule has 0 bridgehead atoms. The predicted molar refractivity (Wildman–Crippen MR) is 71.5 cm³/mol. The fourth-order valence-electron chi connectivity index (χ4n) is 1.71. The van der Waals surface area contributed by atoms with Gasteiger partial charge in [0, 0.05) is 20.0 Å². The molecule has 19 heavy (non-hydrogen) atoms. The van der Waals surface area contributed by atoms with Gasteiger partial charge in [-0.1, -0.05) is 20.8 Å². The van der Waals surface area contributed by atoms with Crippen molar-refractivity contribution in [2.45, 2.75) is 40.7 Å². The first-order valence-electron chi connectivity index (χ1n) is 6.49. The Morgan fingerprint density at radius 1 is 1.21 bits per heavy atom. The van der Waals surface area contributed by atoms with E-state index in [9.17, 15) is 14.4 Å². The zero-order valence-corrected chi connectivity index (χ0v) is 12.3. The highest BCUT2D eigenvalue weighted by Gasteiger charge is 2.28. The molecule has 0 aromatic heterocycles. The number of amides is 2. The topological polar surface area (TPSA) is 86.7 Å². The van der Waals surface area contributed by atoms with Gasteiger partial charge in [-0.15, -0.1) is 0 Å². The summed E-state index contributed by atoms with van der Waals surface area (Å²) >= 11 is 0. The van der Waals surface area contributed by atoms with Gasteiger partial charge < -0.3 is 15.3 Å². The fourth-order valence-corrected chi connectivity index (χ4v) is 1.71. The number of carboxylic acid groups (broad SMARTS) is 1. The van der Waals surface area contributed by atoms with Crippen molar-refractivity contribution in [3.8, 4) is 0 Å². The van der Waals surface area contributed by atoms with Crippen molar-refractivity contribution in [2.75, 3.05) is 13.1 Å². The number of rotatable bonds is 7. The number of carbonyl (C=O) groups is 3. The van der Waals surface area contributed by atoms with Gasteiger partial charge in [-0.25, -0.2) is 0 Å². The summed E-state index contributed by atoms with van der Waals surface area (Å²) in [5.74, 6) is -2.12. The Morgan fingerprint density at radius 3 is 2.05 bits per heavy atom. The molecule has 0 aliphatic heterocycles. The third kappa shape index (κ3) is 5.72. The summed E-state index contributed by atoms with van der Waals surface area (Å²) < 4.78 is 0. The Bertz CT molecular complexity index is 342. The van der Waals surface area contributed by atoms with Gasteiger partial charge in [0.2, 0.25) is 11.8 Å². The monoisotopic (exact) mass is 272 g/mol. The molecule has 0 aliphatic rings. The molecule has 0 aliphatic carbocycles. The average molecular weight is 272 g/mol. The van der Waals surface area contributed by atoms with Crippen molar-refractivity contribution in [3.63, 3.8) is 0 Å². The van der Waals surface area contributed by atoms with Crippen LogP contribution in [-0.2, 0) is 14.4 Å². The van der Waals surface area contributed by atoms with Gasteiger partial charge in [0.25, 0.3) is 0 Å². The minimum atomic E-state index is -0.938. The van der Waals surface area contributed by atoms with Gasteiger partial charge in [-0.05, 0) is 12.8 Å².